The number of rotatable bonds is 3. The van der Waals surface area contributed by atoms with E-state index >= 15 is 0 Å². The van der Waals surface area contributed by atoms with Gasteiger partial charge < -0.3 is 10.2 Å². The van der Waals surface area contributed by atoms with Crippen molar-refractivity contribution in [3.8, 4) is 0 Å². The zero-order chi connectivity index (χ0) is 15.6. The van der Waals surface area contributed by atoms with Crippen molar-refractivity contribution in [2.75, 3.05) is 11.4 Å². The van der Waals surface area contributed by atoms with E-state index in [1.54, 1.807) is 0 Å². The second-order valence-corrected chi connectivity index (χ2v) is 8.42. The van der Waals surface area contributed by atoms with Gasteiger partial charge >= 0.3 is 0 Å². The minimum absolute atomic E-state index is 0.155. The zero-order valence-corrected chi connectivity index (χ0v) is 15.6. The van der Waals surface area contributed by atoms with Gasteiger partial charge in [-0.2, -0.15) is 0 Å². The molecule has 0 aromatic heterocycles. The lowest BCUT2D eigenvalue weighted by Gasteiger charge is -2.39. The fourth-order valence-electron chi connectivity index (χ4n) is 3.03. The molecule has 1 heterocycles. The zero-order valence-electron chi connectivity index (χ0n) is 14.0. The molecule has 0 spiro atoms. The van der Waals surface area contributed by atoms with Crippen LogP contribution in [0.3, 0.4) is 0 Å². The van der Waals surface area contributed by atoms with Crippen LogP contribution in [0.15, 0.2) is 22.7 Å². The van der Waals surface area contributed by atoms with Crippen molar-refractivity contribution in [2.45, 2.75) is 65.6 Å². The highest BCUT2D eigenvalue weighted by molar-refractivity contribution is 9.10. The quantitative estimate of drug-likeness (QED) is 0.826. The number of benzene rings is 1. The Kier molecular flexibility index (Phi) is 5.37. The first-order chi connectivity index (χ1) is 9.76. The van der Waals surface area contributed by atoms with Crippen molar-refractivity contribution in [1.29, 1.82) is 0 Å². The van der Waals surface area contributed by atoms with E-state index in [2.05, 4.69) is 79.0 Å². The number of hydrogen-bond acceptors (Lipinski definition) is 2. The maximum atomic E-state index is 3.78. The van der Waals surface area contributed by atoms with Crippen molar-refractivity contribution in [1.82, 2.24) is 5.32 Å². The maximum absolute atomic E-state index is 3.78. The van der Waals surface area contributed by atoms with Crippen molar-refractivity contribution in [3.63, 3.8) is 0 Å². The van der Waals surface area contributed by atoms with Crippen LogP contribution in [0.4, 0.5) is 5.69 Å². The first kappa shape index (κ1) is 16.8. The van der Waals surface area contributed by atoms with E-state index in [4.69, 9.17) is 0 Å². The van der Waals surface area contributed by atoms with Crippen LogP contribution in [-0.2, 0) is 6.54 Å². The summed E-state index contributed by atoms with van der Waals surface area (Å²) < 4.78 is 1.22. The summed E-state index contributed by atoms with van der Waals surface area (Å²) in [5.41, 5.74) is 2.83. The third-order valence-corrected chi connectivity index (χ3v) is 4.92. The predicted molar refractivity (Wildman–Crippen MR) is 95.9 cm³/mol. The van der Waals surface area contributed by atoms with Gasteiger partial charge in [0.05, 0.1) is 5.69 Å². The second kappa shape index (κ2) is 6.70. The smallest absolute Gasteiger partial charge is 0.0513 e. The van der Waals surface area contributed by atoms with Gasteiger partial charge in [0, 0.05) is 29.1 Å². The lowest BCUT2D eigenvalue weighted by atomic mass is 9.93. The molecule has 1 aromatic carbocycles. The molecule has 0 aliphatic carbocycles. The van der Waals surface area contributed by atoms with Crippen LogP contribution in [0, 0.1) is 5.92 Å². The number of piperidine rings is 1. The van der Waals surface area contributed by atoms with E-state index in [0.29, 0.717) is 6.04 Å². The van der Waals surface area contributed by atoms with E-state index in [9.17, 15) is 0 Å². The Hall–Kier alpha value is -0.540. The third kappa shape index (κ3) is 4.72. The van der Waals surface area contributed by atoms with Gasteiger partial charge in [-0.05, 0) is 80.1 Å². The molecule has 3 heteroatoms. The van der Waals surface area contributed by atoms with Crippen molar-refractivity contribution in [3.05, 3.63) is 28.2 Å². The maximum Gasteiger partial charge on any atom is 0.0513 e. The molecule has 2 atom stereocenters. The van der Waals surface area contributed by atoms with Crippen molar-refractivity contribution >= 4 is 21.6 Å². The number of anilines is 1. The molecule has 2 unspecified atom stereocenters. The molecule has 0 radical (unpaired) electrons. The summed E-state index contributed by atoms with van der Waals surface area (Å²) in [4.78, 5) is 2.55. The van der Waals surface area contributed by atoms with Gasteiger partial charge in [-0.25, -0.2) is 0 Å². The molecule has 2 nitrogen and oxygen atoms in total. The summed E-state index contributed by atoms with van der Waals surface area (Å²) in [6.45, 7) is 13.4. The molecular weight excluding hydrogens is 324 g/mol. The van der Waals surface area contributed by atoms with Crippen LogP contribution in [0.5, 0.6) is 0 Å². The highest BCUT2D eigenvalue weighted by Crippen LogP contribution is 2.33. The fourth-order valence-corrected chi connectivity index (χ4v) is 3.68. The summed E-state index contributed by atoms with van der Waals surface area (Å²) in [5.74, 6) is 0.852. The standard InChI is InChI=1S/C18H29BrN2/c1-13-8-9-21(14(2)10-13)17-7-6-15(11-16(17)19)12-20-18(3,4)5/h6-7,11,13-14,20H,8-10,12H2,1-5H3. The summed E-state index contributed by atoms with van der Waals surface area (Å²) in [5, 5.41) is 3.54. The van der Waals surface area contributed by atoms with Crippen molar-refractivity contribution in [2.24, 2.45) is 5.92 Å². The molecule has 1 aromatic rings. The predicted octanol–water partition coefficient (Wildman–Crippen LogP) is 4.96. The molecule has 118 valence electrons. The Morgan fingerprint density at radius 3 is 2.57 bits per heavy atom. The number of nitrogens with one attached hydrogen (secondary N) is 1. The molecular formula is C18H29BrN2. The molecule has 0 bridgehead atoms. The van der Waals surface area contributed by atoms with Gasteiger partial charge in [-0.15, -0.1) is 0 Å². The van der Waals surface area contributed by atoms with Gasteiger partial charge in [-0.1, -0.05) is 13.0 Å². The van der Waals surface area contributed by atoms with Crippen LogP contribution >= 0.6 is 15.9 Å². The Morgan fingerprint density at radius 2 is 2.00 bits per heavy atom. The highest BCUT2D eigenvalue weighted by Gasteiger charge is 2.24. The third-order valence-electron chi connectivity index (χ3n) is 4.28. The Labute approximate surface area is 138 Å². The SMILES string of the molecule is CC1CCN(c2ccc(CNC(C)(C)C)cc2Br)C(C)C1. The van der Waals surface area contributed by atoms with Crippen LogP contribution < -0.4 is 10.2 Å². The molecule has 1 N–H and O–H groups in total. The Morgan fingerprint density at radius 1 is 1.29 bits per heavy atom. The van der Waals surface area contributed by atoms with Gasteiger partial charge in [0.2, 0.25) is 0 Å². The Balaban J connectivity index is 2.09. The van der Waals surface area contributed by atoms with Gasteiger partial charge in [0.1, 0.15) is 0 Å². The summed E-state index contributed by atoms with van der Waals surface area (Å²) in [6.07, 6.45) is 2.59. The minimum Gasteiger partial charge on any atom is -0.368 e. The molecule has 0 amide bonds. The molecule has 0 saturated carbocycles. The summed E-state index contributed by atoms with van der Waals surface area (Å²) >= 11 is 3.78. The largest absolute Gasteiger partial charge is 0.368 e. The molecule has 2 rings (SSSR count). The minimum atomic E-state index is 0.155. The van der Waals surface area contributed by atoms with Gasteiger partial charge in [-0.3, -0.25) is 0 Å². The average Bonchev–Trinajstić information content (AvgIpc) is 2.37. The average molecular weight is 353 g/mol. The van der Waals surface area contributed by atoms with E-state index in [0.717, 1.165) is 12.5 Å². The topological polar surface area (TPSA) is 15.3 Å². The molecule has 21 heavy (non-hydrogen) atoms. The molecule has 1 aliphatic rings. The fraction of sp³-hybridized carbons (Fsp3) is 0.667. The molecule has 1 saturated heterocycles. The van der Waals surface area contributed by atoms with Gasteiger partial charge in [0.15, 0.2) is 0 Å². The van der Waals surface area contributed by atoms with E-state index < -0.39 is 0 Å². The van der Waals surface area contributed by atoms with E-state index in [-0.39, 0.29) is 5.54 Å². The lowest BCUT2D eigenvalue weighted by molar-refractivity contribution is 0.377. The van der Waals surface area contributed by atoms with Crippen LogP contribution in [0.1, 0.15) is 53.0 Å². The first-order valence-corrected chi connectivity index (χ1v) is 8.85. The summed E-state index contributed by atoms with van der Waals surface area (Å²) in [6, 6.07) is 7.42. The molecule has 1 fully saturated rings. The Bertz CT molecular complexity index is 479. The lowest BCUT2D eigenvalue weighted by Crippen LogP contribution is -2.40. The van der Waals surface area contributed by atoms with Gasteiger partial charge in [0.25, 0.3) is 0 Å². The van der Waals surface area contributed by atoms with E-state index in [1.165, 1.54) is 35.1 Å². The van der Waals surface area contributed by atoms with Crippen molar-refractivity contribution < 1.29 is 0 Å². The van der Waals surface area contributed by atoms with E-state index in [1.807, 2.05) is 0 Å². The monoisotopic (exact) mass is 352 g/mol. The number of hydrogen-bond donors (Lipinski definition) is 1. The van der Waals surface area contributed by atoms with Crippen LogP contribution in [-0.4, -0.2) is 18.1 Å². The van der Waals surface area contributed by atoms with Crippen LogP contribution in [0.25, 0.3) is 0 Å². The normalized spacial score (nSPS) is 23.4. The summed E-state index contributed by atoms with van der Waals surface area (Å²) in [7, 11) is 0. The highest BCUT2D eigenvalue weighted by atomic mass is 79.9. The molecule has 1 aliphatic heterocycles. The number of halogens is 1. The second-order valence-electron chi connectivity index (χ2n) is 7.56. The number of nitrogens with zero attached hydrogens (tertiary/aromatic N) is 1. The first-order valence-electron chi connectivity index (χ1n) is 8.06. The van der Waals surface area contributed by atoms with Crippen LogP contribution in [0.2, 0.25) is 0 Å².